The molecule has 2 heterocycles. The number of nitrogens with zero attached hydrogens (tertiary/aromatic N) is 3. The molecular formula is C14H15ClFN3O2S. The van der Waals surface area contributed by atoms with Gasteiger partial charge in [0, 0.05) is 31.2 Å². The first-order valence-electron chi connectivity index (χ1n) is 6.75. The summed E-state index contributed by atoms with van der Waals surface area (Å²) in [7, 11) is -2.10. The largest absolute Gasteiger partial charge is 0.274 e. The Labute approximate surface area is 133 Å². The fourth-order valence-corrected chi connectivity index (χ4v) is 4.29. The number of benzene rings is 1. The monoisotopic (exact) mass is 343 g/mol. The minimum atomic E-state index is -3.73. The molecule has 3 rings (SSSR count). The van der Waals surface area contributed by atoms with Crippen LogP contribution in [-0.4, -0.2) is 35.6 Å². The van der Waals surface area contributed by atoms with Gasteiger partial charge in [0.15, 0.2) is 5.67 Å². The minimum absolute atomic E-state index is 0.0744. The lowest BCUT2D eigenvalue weighted by molar-refractivity contribution is 0.183. The Morgan fingerprint density at radius 3 is 2.82 bits per heavy atom. The maximum absolute atomic E-state index is 15.1. The average Bonchev–Trinajstić information content (AvgIpc) is 3.07. The number of hydrogen-bond donors (Lipinski definition) is 0. The third kappa shape index (κ3) is 2.64. The third-order valence-electron chi connectivity index (χ3n) is 3.85. The molecule has 1 aliphatic rings. The van der Waals surface area contributed by atoms with Crippen molar-refractivity contribution >= 4 is 21.6 Å². The molecule has 0 spiro atoms. The van der Waals surface area contributed by atoms with Gasteiger partial charge in [0.2, 0.25) is 10.0 Å². The van der Waals surface area contributed by atoms with Crippen molar-refractivity contribution in [3.05, 3.63) is 47.2 Å². The summed E-state index contributed by atoms with van der Waals surface area (Å²) in [6.07, 6.45) is 2.78. The van der Waals surface area contributed by atoms with E-state index < -0.39 is 15.7 Å². The second kappa shape index (κ2) is 5.33. The van der Waals surface area contributed by atoms with Crippen LogP contribution in [0.5, 0.6) is 0 Å². The van der Waals surface area contributed by atoms with E-state index in [1.165, 1.54) is 17.1 Å². The fourth-order valence-electron chi connectivity index (χ4n) is 2.63. The molecule has 1 saturated heterocycles. The van der Waals surface area contributed by atoms with E-state index in [2.05, 4.69) is 5.10 Å². The number of aromatic nitrogens is 2. The highest BCUT2D eigenvalue weighted by molar-refractivity contribution is 7.89. The number of rotatable bonds is 3. The van der Waals surface area contributed by atoms with E-state index in [9.17, 15) is 8.42 Å². The van der Waals surface area contributed by atoms with Gasteiger partial charge >= 0.3 is 0 Å². The van der Waals surface area contributed by atoms with Gasteiger partial charge in [0.1, 0.15) is 4.90 Å². The van der Waals surface area contributed by atoms with Crippen LogP contribution in [0.15, 0.2) is 41.6 Å². The van der Waals surface area contributed by atoms with E-state index in [1.807, 2.05) is 0 Å². The quantitative estimate of drug-likeness (QED) is 0.859. The van der Waals surface area contributed by atoms with Gasteiger partial charge in [-0.15, -0.1) is 0 Å². The van der Waals surface area contributed by atoms with Crippen molar-refractivity contribution in [2.24, 2.45) is 7.05 Å². The van der Waals surface area contributed by atoms with E-state index in [0.717, 1.165) is 4.31 Å². The first-order chi connectivity index (χ1) is 10.3. The molecule has 118 valence electrons. The Balaban J connectivity index is 1.88. The summed E-state index contributed by atoms with van der Waals surface area (Å²) < 4.78 is 42.7. The highest BCUT2D eigenvalue weighted by Gasteiger charge is 2.45. The fraction of sp³-hybridized carbons (Fsp3) is 0.357. The molecule has 1 aliphatic heterocycles. The predicted octanol–water partition coefficient (Wildman–Crippen LogP) is 2.33. The maximum Gasteiger partial charge on any atom is 0.246 e. The number of aryl methyl sites for hydroxylation is 1. The molecule has 1 fully saturated rings. The molecule has 5 nitrogen and oxygen atoms in total. The van der Waals surface area contributed by atoms with Gasteiger partial charge in [-0.2, -0.15) is 9.40 Å². The van der Waals surface area contributed by atoms with Crippen LogP contribution in [0.25, 0.3) is 0 Å². The van der Waals surface area contributed by atoms with Crippen LogP contribution in [0.3, 0.4) is 0 Å². The van der Waals surface area contributed by atoms with Crippen LogP contribution in [0.4, 0.5) is 4.39 Å². The second-order valence-corrected chi connectivity index (χ2v) is 7.79. The van der Waals surface area contributed by atoms with Crippen LogP contribution in [0.1, 0.15) is 12.0 Å². The SMILES string of the molecule is Cn1cc(S(=O)(=O)N2CC[C@](F)(c3cccc(Cl)c3)C2)cn1. The van der Waals surface area contributed by atoms with Crippen molar-refractivity contribution in [3.8, 4) is 0 Å². The van der Waals surface area contributed by atoms with Crippen LogP contribution in [-0.2, 0) is 22.7 Å². The van der Waals surface area contributed by atoms with Gasteiger partial charge in [-0.1, -0.05) is 23.7 Å². The van der Waals surface area contributed by atoms with Crippen molar-refractivity contribution < 1.29 is 12.8 Å². The summed E-state index contributed by atoms with van der Waals surface area (Å²) in [6, 6.07) is 6.50. The Hall–Kier alpha value is -1.44. The highest BCUT2D eigenvalue weighted by Crippen LogP contribution is 2.39. The molecule has 1 aromatic heterocycles. The first kappa shape index (κ1) is 15.5. The van der Waals surface area contributed by atoms with Crippen LogP contribution in [0.2, 0.25) is 5.02 Å². The predicted molar refractivity (Wildman–Crippen MR) is 80.8 cm³/mol. The zero-order chi connectivity index (χ0) is 16.0. The lowest BCUT2D eigenvalue weighted by Gasteiger charge is -2.21. The van der Waals surface area contributed by atoms with Gasteiger partial charge in [0.25, 0.3) is 0 Å². The first-order valence-corrected chi connectivity index (χ1v) is 8.57. The standard InChI is InChI=1S/C14H15ClFN3O2S/c1-18-9-13(8-17-18)22(20,21)19-6-5-14(16,10-19)11-3-2-4-12(15)7-11/h2-4,7-9H,5-6,10H2,1H3/t14-/m1/s1. The second-order valence-electron chi connectivity index (χ2n) is 5.41. The molecular weight excluding hydrogens is 329 g/mol. The Bertz CT molecular complexity index is 808. The zero-order valence-corrected chi connectivity index (χ0v) is 13.5. The summed E-state index contributed by atoms with van der Waals surface area (Å²) in [4.78, 5) is 0.0744. The highest BCUT2D eigenvalue weighted by atomic mass is 35.5. The number of sulfonamides is 1. The summed E-state index contributed by atoms with van der Waals surface area (Å²) in [5.74, 6) is 0. The molecule has 0 bridgehead atoms. The zero-order valence-electron chi connectivity index (χ0n) is 11.9. The summed E-state index contributed by atoms with van der Waals surface area (Å²) >= 11 is 5.90. The third-order valence-corrected chi connectivity index (χ3v) is 5.88. The molecule has 8 heteroatoms. The number of hydrogen-bond acceptors (Lipinski definition) is 3. The minimum Gasteiger partial charge on any atom is -0.274 e. The molecule has 0 aliphatic carbocycles. The van der Waals surface area contributed by atoms with Crippen LogP contribution in [0, 0.1) is 0 Å². The molecule has 0 saturated carbocycles. The van der Waals surface area contributed by atoms with Gasteiger partial charge < -0.3 is 0 Å². The molecule has 0 radical (unpaired) electrons. The molecule has 0 amide bonds. The molecule has 1 atom stereocenters. The van der Waals surface area contributed by atoms with E-state index in [0.29, 0.717) is 10.6 Å². The van der Waals surface area contributed by atoms with Crippen molar-refractivity contribution in [2.45, 2.75) is 17.0 Å². The van der Waals surface area contributed by atoms with Crippen molar-refractivity contribution in [3.63, 3.8) is 0 Å². The van der Waals surface area contributed by atoms with Crippen LogP contribution < -0.4 is 0 Å². The van der Waals surface area contributed by atoms with Crippen molar-refractivity contribution in [1.82, 2.24) is 14.1 Å². The van der Waals surface area contributed by atoms with E-state index in [-0.39, 0.29) is 24.4 Å². The Morgan fingerprint density at radius 2 is 2.18 bits per heavy atom. The van der Waals surface area contributed by atoms with Gasteiger partial charge in [0.05, 0.1) is 12.7 Å². The van der Waals surface area contributed by atoms with Crippen molar-refractivity contribution in [1.29, 1.82) is 0 Å². The molecule has 1 aromatic carbocycles. The van der Waals surface area contributed by atoms with Gasteiger partial charge in [-0.3, -0.25) is 4.68 Å². The maximum atomic E-state index is 15.1. The van der Waals surface area contributed by atoms with Gasteiger partial charge in [-0.05, 0) is 17.7 Å². The topological polar surface area (TPSA) is 55.2 Å². The average molecular weight is 344 g/mol. The molecule has 0 N–H and O–H groups in total. The Kier molecular flexibility index (Phi) is 3.74. The summed E-state index contributed by atoms with van der Waals surface area (Å²) in [5, 5.41) is 4.29. The summed E-state index contributed by atoms with van der Waals surface area (Å²) in [5.41, 5.74) is -1.32. The van der Waals surface area contributed by atoms with Crippen LogP contribution >= 0.6 is 11.6 Å². The van der Waals surface area contributed by atoms with E-state index >= 15 is 4.39 Å². The molecule has 22 heavy (non-hydrogen) atoms. The van der Waals surface area contributed by atoms with Crippen molar-refractivity contribution in [2.75, 3.05) is 13.1 Å². The number of halogens is 2. The van der Waals surface area contributed by atoms with Gasteiger partial charge in [-0.25, -0.2) is 12.8 Å². The molecule has 0 unspecified atom stereocenters. The molecule has 2 aromatic rings. The lowest BCUT2D eigenvalue weighted by Crippen LogP contribution is -2.32. The summed E-state index contributed by atoms with van der Waals surface area (Å²) in [6.45, 7) is -0.0924. The van der Waals surface area contributed by atoms with E-state index in [4.69, 9.17) is 11.6 Å². The smallest absolute Gasteiger partial charge is 0.246 e. The lowest BCUT2D eigenvalue weighted by atomic mass is 9.95. The van der Waals surface area contributed by atoms with E-state index in [1.54, 1.807) is 31.3 Å². The Morgan fingerprint density at radius 1 is 1.41 bits per heavy atom. The normalized spacial score (nSPS) is 23.0. The number of alkyl halides is 1.